The van der Waals surface area contributed by atoms with Crippen LogP contribution in [0.1, 0.15) is 39.0 Å². The number of amides is 2. The average molecular weight is 466 g/mol. The van der Waals surface area contributed by atoms with Crippen molar-refractivity contribution in [1.29, 1.82) is 0 Å². The van der Waals surface area contributed by atoms with Crippen molar-refractivity contribution in [3.05, 3.63) is 53.7 Å². The molecule has 0 saturated heterocycles. The third-order valence-corrected chi connectivity index (χ3v) is 5.05. The molecule has 1 heterocycles. The van der Waals surface area contributed by atoms with Crippen molar-refractivity contribution in [2.24, 2.45) is 0 Å². The number of hydrogen-bond donors (Lipinski definition) is 1. The number of nitrogens with zero attached hydrogens (tertiary/aromatic N) is 2. The van der Waals surface area contributed by atoms with Gasteiger partial charge in [0.05, 0.1) is 17.8 Å². The minimum Gasteiger partial charge on any atom is -0.463 e. The van der Waals surface area contributed by atoms with Crippen LogP contribution in [0.2, 0.25) is 0 Å². The molecule has 0 fully saturated rings. The summed E-state index contributed by atoms with van der Waals surface area (Å²) in [6.07, 6.45) is 2.27. The first-order chi connectivity index (χ1) is 16.0. The number of benzene rings is 2. The summed E-state index contributed by atoms with van der Waals surface area (Å²) in [4.78, 5) is 39.3. The Morgan fingerprint density at radius 3 is 2.41 bits per heavy atom. The van der Waals surface area contributed by atoms with Gasteiger partial charge in [0, 0.05) is 43.1 Å². The highest BCUT2D eigenvalue weighted by molar-refractivity contribution is 6.12. The fraction of sp³-hybridized carbons (Fsp3) is 0.346. The maximum absolute atomic E-state index is 13.4. The number of rotatable bonds is 5. The Kier molecular flexibility index (Phi) is 7.29. The van der Waals surface area contributed by atoms with E-state index in [0.29, 0.717) is 16.8 Å². The molecule has 1 N–H and O–H groups in total. The summed E-state index contributed by atoms with van der Waals surface area (Å²) >= 11 is 0. The van der Waals surface area contributed by atoms with Gasteiger partial charge in [0.15, 0.2) is 0 Å². The van der Waals surface area contributed by atoms with Crippen LogP contribution in [0.5, 0.6) is 0 Å². The van der Waals surface area contributed by atoms with Crippen LogP contribution in [0.25, 0.3) is 27.8 Å². The van der Waals surface area contributed by atoms with Gasteiger partial charge in [0.1, 0.15) is 5.60 Å². The monoisotopic (exact) mass is 465 g/mol. The van der Waals surface area contributed by atoms with Gasteiger partial charge in [-0.2, -0.15) is 0 Å². The molecule has 8 heteroatoms. The molecule has 0 spiro atoms. The number of esters is 1. The van der Waals surface area contributed by atoms with Gasteiger partial charge in [0.2, 0.25) is 0 Å². The van der Waals surface area contributed by atoms with E-state index >= 15 is 0 Å². The Balaban J connectivity index is 2.25. The first kappa shape index (κ1) is 24.8. The molecule has 0 atom stereocenters. The van der Waals surface area contributed by atoms with Crippen LogP contribution in [0, 0.1) is 0 Å². The van der Waals surface area contributed by atoms with E-state index in [2.05, 4.69) is 5.32 Å². The van der Waals surface area contributed by atoms with Gasteiger partial charge in [-0.05, 0) is 39.2 Å². The molecule has 180 valence electrons. The van der Waals surface area contributed by atoms with Gasteiger partial charge >= 0.3 is 18.1 Å². The number of aromatic nitrogens is 1. The van der Waals surface area contributed by atoms with Crippen LogP contribution in [0.4, 0.5) is 9.59 Å². The standard InChI is InChI=1S/C26H31N3O5/c1-7-33-22(30)15-14-21-20(16-27-24(31)34-26(2,3)4)19-13-12-17-10-8-9-11-18(17)23(19)29(21)25(32)28(5)6/h8-15H,7,16H2,1-6H3,(H,27,31)/b15-14+. The second kappa shape index (κ2) is 9.99. The highest BCUT2D eigenvalue weighted by atomic mass is 16.6. The number of carbonyl (C=O) groups is 3. The van der Waals surface area contributed by atoms with Gasteiger partial charge in [0.25, 0.3) is 0 Å². The van der Waals surface area contributed by atoms with Crippen molar-refractivity contribution in [3.63, 3.8) is 0 Å². The Morgan fingerprint density at radius 2 is 1.76 bits per heavy atom. The zero-order valence-corrected chi connectivity index (χ0v) is 20.5. The first-order valence-corrected chi connectivity index (χ1v) is 11.1. The molecular formula is C26H31N3O5. The highest BCUT2D eigenvalue weighted by Crippen LogP contribution is 2.33. The Labute approximate surface area is 199 Å². The molecule has 3 aromatic rings. The smallest absolute Gasteiger partial charge is 0.407 e. The second-order valence-corrected chi connectivity index (χ2v) is 9.00. The van der Waals surface area contributed by atoms with Crippen LogP contribution < -0.4 is 5.32 Å². The number of carbonyl (C=O) groups excluding carboxylic acids is 3. The van der Waals surface area contributed by atoms with Crippen molar-refractivity contribution in [2.45, 2.75) is 39.8 Å². The fourth-order valence-corrected chi connectivity index (χ4v) is 3.70. The van der Waals surface area contributed by atoms with Gasteiger partial charge < -0.3 is 19.7 Å². The largest absolute Gasteiger partial charge is 0.463 e. The number of hydrogen-bond acceptors (Lipinski definition) is 5. The Bertz CT molecular complexity index is 1260. The van der Waals surface area contributed by atoms with Crippen molar-refractivity contribution >= 4 is 45.8 Å². The van der Waals surface area contributed by atoms with Crippen LogP contribution in [0.15, 0.2) is 42.5 Å². The maximum Gasteiger partial charge on any atom is 0.407 e. The number of nitrogens with one attached hydrogen (secondary N) is 1. The van der Waals surface area contributed by atoms with Gasteiger partial charge in [-0.25, -0.2) is 14.4 Å². The van der Waals surface area contributed by atoms with E-state index in [4.69, 9.17) is 9.47 Å². The lowest BCUT2D eigenvalue weighted by Gasteiger charge is -2.19. The van der Waals surface area contributed by atoms with Crippen molar-refractivity contribution in [1.82, 2.24) is 14.8 Å². The van der Waals surface area contributed by atoms with Gasteiger partial charge in [-0.1, -0.05) is 36.4 Å². The van der Waals surface area contributed by atoms with E-state index < -0.39 is 17.7 Å². The number of ether oxygens (including phenoxy) is 2. The van der Waals surface area contributed by atoms with E-state index in [1.54, 1.807) is 52.4 Å². The van der Waals surface area contributed by atoms with Crippen LogP contribution in [-0.2, 0) is 20.8 Å². The maximum atomic E-state index is 13.4. The zero-order valence-electron chi connectivity index (χ0n) is 20.5. The quantitative estimate of drug-likeness (QED) is 0.426. The van der Waals surface area contributed by atoms with Crippen LogP contribution >= 0.6 is 0 Å². The summed E-state index contributed by atoms with van der Waals surface area (Å²) < 4.78 is 12.0. The lowest BCUT2D eigenvalue weighted by atomic mass is 10.0. The van der Waals surface area contributed by atoms with Gasteiger partial charge in [-0.15, -0.1) is 0 Å². The molecule has 1 aromatic heterocycles. The molecule has 0 unspecified atom stereocenters. The van der Waals surface area contributed by atoms with Gasteiger partial charge in [-0.3, -0.25) is 4.57 Å². The summed E-state index contributed by atoms with van der Waals surface area (Å²) in [5.74, 6) is -0.521. The Hall–Kier alpha value is -3.81. The predicted octanol–water partition coefficient (Wildman–Crippen LogP) is 4.93. The van der Waals surface area contributed by atoms with Crippen LogP contribution in [-0.4, -0.2) is 53.9 Å². The van der Waals surface area contributed by atoms with E-state index in [9.17, 15) is 14.4 Å². The minimum atomic E-state index is -0.651. The predicted molar refractivity (Wildman–Crippen MR) is 133 cm³/mol. The van der Waals surface area contributed by atoms with Crippen molar-refractivity contribution in [3.8, 4) is 0 Å². The summed E-state index contributed by atoms with van der Waals surface area (Å²) in [5, 5.41) is 5.41. The molecule has 34 heavy (non-hydrogen) atoms. The Morgan fingerprint density at radius 1 is 1.06 bits per heavy atom. The summed E-state index contributed by atoms with van der Waals surface area (Å²) in [5.41, 5.74) is 1.21. The third-order valence-electron chi connectivity index (χ3n) is 5.05. The molecule has 0 aliphatic carbocycles. The minimum absolute atomic E-state index is 0.0972. The zero-order chi connectivity index (χ0) is 25.0. The molecule has 0 bridgehead atoms. The molecule has 0 aliphatic heterocycles. The van der Waals surface area contributed by atoms with E-state index in [1.165, 1.54) is 11.0 Å². The van der Waals surface area contributed by atoms with E-state index in [0.717, 1.165) is 16.2 Å². The van der Waals surface area contributed by atoms with E-state index in [1.807, 2.05) is 36.4 Å². The molecule has 0 radical (unpaired) electrons. The third kappa shape index (κ3) is 5.39. The summed E-state index contributed by atoms with van der Waals surface area (Å²) in [6, 6.07) is 11.4. The van der Waals surface area contributed by atoms with Crippen molar-refractivity contribution in [2.75, 3.05) is 20.7 Å². The summed E-state index contributed by atoms with van der Waals surface area (Å²) in [7, 11) is 3.33. The topological polar surface area (TPSA) is 89.9 Å². The number of fused-ring (bicyclic) bond motifs is 3. The molecule has 0 saturated carbocycles. The average Bonchev–Trinajstić information content (AvgIpc) is 3.08. The first-order valence-electron chi connectivity index (χ1n) is 11.1. The fourth-order valence-electron chi connectivity index (χ4n) is 3.70. The molecule has 8 nitrogen and oxygen atoms in total. The normalized spacial score (nSPS) is 11.7. The lowest BCUT2D eigenvalue weighted by Crippen LogP contribution is -2.32. The molecular weight excluding hydrogens is 434 g/mol. The molecule has 3 rings (SSSR count). The number of alkyl carbamates (subject to hydrolysis) is 1. The molecule has 2 aromatic carbocycles. The highest BCUT2D eigenvalue weighted by Gasteiger charge is 2.24. The van der Waals surface area contributed by atoms with Crippen molar-refractivity contribution < 1.29 is 23.9 Å². The second-order valence-electron chi connectivity index (χ2n) is 9.00. The summed E-state index contributed by atoms with van der Waals surface area (Å²) in [6.45, 7) is 7.41. The van der Waals surface area contributed by atoms with Crippen LogP contribution in [0.3, 0.4) is 0 Å². The lowest BCUT2D eigenvalue weighted by molar-refractivity contribution is -0.137. The molecule has 0 aliphatic rings. The SMILES string of the molecule is CCOC(=O)/C=C/c1c(CNC(=O)OC(C)(C)C)c2ccc3ccccc3c2n1C(=O)N(C)C. The van der Waals surface area contributed by atoms with E-state index in [-0.39, 0.29) is 19.2 Å². The molecule has 2 amide bonds.